The maximum absolute atomic E-state index is 12.6. The minimum Gasteiger partial charge on any atom is -0.300 e. The Bertz CT molecular complexity index is 342. The van der Waals surface area contributed by atoms with Crippen LogP contribution in [0.15, 0.2) is 0 Å². The fraction of sp³-hybridized carbons (Fsp3) is 0.947. The number of carbonyl (C=O) groups excluding carboxylic acids is 1. The Labute approximate surface area is 123 Å². The van der Waals surface area contributed by atoms with Gasteiger partial charge < -0.3 is 0 Å². The van der Waals surface area contributed by atoms with Gasteiger partial charge in [0.25, 0.3) is 0 Å². The van der Waals surface area contributed by atoms with Crippen LogP contribution in [0.3, 0.4) is 0 Å². The van der Waals surface area contributed by atoms with Gasteiger partial charge in [0.15, 0.2) is 0 Å². The molecule has 1 nitrogen and oxygen atoms in total. The van der Waals surface area contributed by atoms with E-state index < -0.39 is 0 Å². The van der Waals surface area contributed by atoms with E-state index >= 15 is 0 Å². The van der Waals surface area contributed by atoms with Crippen molar-refractivity contribution in [3.8, 4) is 0 Å². The Morgan fingerprint density at radius 3 is 1.95 bits per heavy atom. The molecule has 0 atom stereocenters. The van der Waals surface area contributed by atoms with Gasteiger partial charge >= 0.3 is 0 Å². The Hall–Kier alpha value is -0.330. The molecule has 0 spiro atoms. The van der Waals surface area contributed by atoms with Crippen LogP contribution in [0.4, 0.5) is 0 Å². The first-order valence-corrected chi connectivity index (χ1v) is 9.22. The van der Waals surface area contributed by atoms with Crippen molar-refractivity contribution >= 4 is 5.78 Å². The molecule has 5 aliphatic rings. The van der Waals surface area contributed by atoms with Gasteiger partial charge in [-0.1, -0.05) is 32.1 Å². The number of hydrogen-bond acceptors (Lipinski definition) is 1. The minimum atomic E-state index is 0.473. The van der Waals surface area contributed by atoms with Gasteiger partial charge in [-0.25, -0.2) is 0 Å². The molecule has 0 N–H and O–H groups in total. The van der Waals surface area contributed by atoms with Crippen LogP contribution >= 0.6 is 0 Å². The van der Waals surface area contributed by atoms with E-state index in [0.29, 0.717) is 11.2 Å². The first kappa shape index (κ1) is 13.3. The summed E-state index contributed by atoms with van der Waals surface area (Å²) in [4.78, 5) is 12.6. The van der Waals surface area contributed by atoms with Crippen molar-refractivity contribution in [3.63, 3.8) is 0 Å². The highest BCUT2D eigenvalue weighted by molar-refractivity contribution is 5.79. The van der Waals surface area contributed by atoms with Gasteiger partial charge in [0.05, 0.1) is 0 Å². The largest absolute Gasteiger partial charge is 0.300 e. The SMILES string of the molecule is O=C(CC1CCCCC1)CC12CC3CC(CC(C3)C1)C2. The first-order valence-electron chi connectivity index (χ1n) is 9.22. The first-order chi connectivity index (χ1) is 9.71. The second-order valence-corrected chi connectivity index (χ2v) is 8.84. The van der Waals surface area contributed by atoms with Gasteiger partial charge in [0.1, 0.15) is 5.78 Å². The minimum absolute atomic E-state index is 0.473. The van der Waals surface area contributed by atoms with E-state index in [1.165, 1.54) is 70.6 Å². The van der Waals surface area contributed by atoms with Crippen LogP contribution in [-0.4, -0.2) is 5.78 Å². The molecular weight excluding hydrogens is 244 g/mol. The second-order valence-electron chi connectivity index (χ2n) is 8.84. The fourth-order valence-electron chi connectivity index (χ4n) is 6.71. The molecule has 0 aliphatic heterocycles. The molecule has 0 aromatic rings. The lowest BCUT2D eigenvalue weighted by molar-refractivity contribution is -0.128. The standard InChI is InChI=1S/C19H30O/c20-18(9-14-4-2-1-3-5-14)13-19-10-15-6-16(11-19)8-17(7-15)12-19/h14-17H,1-13H2. The van der Waals surface area contributed by atoms with E-state index in [1.807, 2.05) is 0 Å². The molecule has 0 amide bonds. The van der Waals surface area contributed by atoms with Crippen LogP contribution in [0.5, 0.6) is 0 Å². The predicted octanol–water partition coefficient (Wildman–Crippen LogP) is 5.13. The van der Waals surface area contributed by atoms with Gasteiger partial charge in [0.2, 0.25) is 0 Å². The Kier molecular flexibility index (Phi) is 3.43. The molecule has 0 radical (unpaired) electrons. The van der Waals surface area contributed by atoms with E-state index in [2.05, 4.69) is 0 Å². The van der Waals surface area contributed by atoms with Crippen molar-refractivity contribution in [1.29, 1.82) is 0 Å². The maximum Gasteiger partial charge on any atom is 0.133 e. The quantitative estimate of drug-likeness (QED) is 0.694. The van der Waals surface area contributed by atoms with Gasteiger partial charge in [-0.3, -0.25) is 4.79 Å². The zero-order chi connectivity index (χ0) is 13.6. The zero-order valence-corrected chi connectivity index (χ0v) is 12.9. The molecule has 5 fully saturated rings. The third-order valence-corrected chi connectivity index (χ3v) is 6.98. The topological polar surface area (TPSA) is 17.1 Å². The third kappa shape index (κ3) is 2.57. The number of carbonyl (C=O) groups is 1. The van der Waals surface area contributed by atoms with Crippen molar-refractivity contribution in [2.24, 2.45) is 29.1 Å². The maximum atomic E-state index is 12.6. The molecular formula is C19H30O. The molecule has 5 aliphatic carbocycles. The summed E-state index contributed by atoms with van der Waals surface area (Å²) in [5.74, 6) is 4.33. The van der Waals surface area contributed by atoms with Gasteiger partial charge in [0, 0.05) is 12.8 Å². The Balaban J connectivity index is 1.37. The molecule has 5 rings (SSSR count). The monoisotopic (exact) mass is 274 g/mol. The fourth-order valence-corrected chi connectivity index (χ4v) is 6.71. The molecule has 20 heavy (non-hydrogen) atoms. The van der Waals surface area contributed by atoms with Crippen molar-refractivity contribution in [1.82, 2.24) is 0 Å². The Morgan fingerprint density at radius 2 is 1.40 bits per heavy atom. The summed E-state index contributed by atoms with van der Waals surface area (Å²) in [5.41, 5.74) is 0.473. The average Bonchev–Trinajstić information content (AvgIpc) is 2.37. The summed E-state index contributed by atoms with van der Waals surface area (Å²) in [6, 6.07) is 0. The van der Waals surface area contributed by atoms with Gasteiger partial charge in [-0.05, 0) is 67.6 Å². The van der Waals surface area contributed by atoms with E-state index in [1.54, 1.807) is 0 Å². The van der Waals surface area contributed by atoms with Crippen LogP contribution in [0.1, 0.15) is 83.5 Å². The molecule has 5 saturated carbocycles. The normalized spacial score (nSPS) is 43.9. The summed E-state index contributed by atoms with van der Waals surface area (Å²) in [7, 11) is 0. The lowest BCUT2D eigenvalue weighted by Gasteiger charge is -2.56. The lowest BCUT2D eigenvalue weighted by Crippen LogP contribution is -2.46. The summed E-state index contributed by atoms with van der Waals surface area (Å²) in [6.45, 7) is 0. The average molecular weight is 274 g/mol. The molecule has 112 valence electrons. The number of rotatable bonds is 4. The molecule has 0 saturated heterocycles. The highest BCUT2D eigenvalue weighted by Crippen LogP contribution is 2.61. The zero-order valence-electron chi connectivity index (χ0n) is 12.9. The van der Waals surface area contributed by atoms with E-state index in [9.17, 15) is 4.79 Å². The van der Waals surface area contributed by atoms with Crippen molar-refractivity contribution in [3.05, 3.63) is 0 Å². The van der Waals surface area contributed by atoms with Crippen molar-refractivity contribution < 1.29 is 4.79 Å². The molecule has 0 unspecified atom stereocenters. The smallest absolute Gasteiger partial charge is 0.133 e. The summed E-state index contributed by atoms with van der Waals surface area (Å²) >= 11 is 0. The number of Topliss-reactive ketones (excluding diaryl/α,β-unsaturated/α-hetero) is 1. The van der Waals surface area contributed by atoms with E-state index in [4.69, 9.17) is 0 Å². The summed E-state index contributed by atoms with van der Waals surface area (Å²) in [5, 5.41) is 0. The predicted molar refractivity (Wildman–Crippen MR) is 81.4 cm³/mol. The lowest BCUT2D eigenvalue weighted by atomic mass is 9.48. The van der Waals surface area contributed by atoms with Crippen molar-refractivity contribution in [2.75, 3.05) is 0 Å². The van der Waals surface area contributed by atoms with Crippen LogP contribution < -0.4 is 0 Å². The number of ketones is 1. The molecule has 1 heteroatoms. The van der Waals surface area contributed by atoms with Gasteiger partial charge in [-0.15, -0.1) is 0 Å². The highest BCUT2D eigenvalue weighted by atomic mass is 16.1. The molecule has 0 aromatic carbocycles. The van der Waals surface area contributed by atoms with Crippen LogP contribution in [0.2, 0.25) is 0 Å². The van der Waals surface area contributed by atoms with E-state index in [0.717, 1.165) is 36.5 Å². The Morgan fingerprint density at radius 1 is 0.850 bits per heavy atom. The van der Waals surface area contributed by atoms with Crippen LogP contribution in [-0.2, 0) is 4.79 Å². The van der Waals surface area contributed by atoms with Crippen LogP contribution in [0, 0.1) is 29.1 Å². The van der Waals surface area contributed by atoms with Crippen LogP contribution in [0.25, 0.3) is 0 Å². The van der Waals surface area contributed by atoms with Crippen molar-refractivity contribution in [2.45, 2.75) is 83.5 Å². The molecule has 4 bridgehead atoms. The summed E-state index contributed by atoms with van der Waals surface area (Å²) < 4.78 is 0. The van der Waals surface area contributed by atoms with E-state index in [-0.39, 0.29) is 0 Å². The molecule has 0 aromatic heterocycles. The second kappa shape index (κ2) is 5.14. The third-order valence-electron chi connectivity index (χ3n) is 6.98. The highest BCUT2D eigenvalue weighted by Gasteiger charge is 2.51. The molecule has 0 heterocycles. The number of hydrogen-bond donors (Lipinski definition) is 0. The summed E-state index contributed by atoms with van der Waals surface area (Å²) in [6.07, 6.45) is 17.3. The van der Waals surface area contributed by atoms with Gasteiger partial charge in [-0.2, -0.15) is 0 Å².